The van der Waals surface area contributed by atoms with Gasteiger partial charge in [0.05, 0.1) is 15.7 Å². The number of rotatable bonds is 5. The molecule has 1 unspecified atom stereocenters. The summed E-state index contributed by atoms with van der Waals surface area (Å²) in [6.45, 7) is 3.93. The van der Waals surface area contributed by atoms with Crippen LogP contribution in [-0.4, -0.2) is 22.1 Å². The summed E-state index contributed by atoms with van der Waals surface area (Å²) in [7, 11) is 0. The SMILES string of the molecule is CCC(C)NC(=O)c1ccc(Nc2c(Cl)cccc2Cl)nn1. The van der Waals surface area contributed by atoms with Crippen molar-refractivity contribution in [3.05, 3.63) is 46.1 Å². The average Bonchev–Trinajstić information content (AvgIpc) is 2.51. The molecule has 1 amide bonds. The standard InChI is InChI=1S/C15H16Cl2N4O/c1-3-9(2)18-15(22)12-7-8-13(21-20-12)19-14-10(16)5-4-6-11(14)17/h4-9H,3H2,1-2H3,(H,18,22)(H,19,21). The van der Waals surface area contributed by atoms with Crippen LogP contribution >= 0.6 is 23.2 Å². The number of para-hydroxylation sites is 1. The predicted molar refractivity (Wildman–Crippen MR) is 89.0 cm³/mol. The molecule has 0 saturated heterocycles. The number of hydrogen-bond acceptors (Lipinski definition) is 4. The van der Waals surface area contributed by atoms with Crippen molar-refractivity contribution in [2.75, 3.05) is 5.32 Å². The lowest BCUT2D eigenvalue weighted by Gasteiger charge is -2.11. The van der Waals surface area contributed by atoms with Gasteiger partial charge in [-0.05, 0) is 37.6 Å². The molecule has 22 heavy (non-hydrogen) atoms. The first-order valence-corrected chi connectivity index (χ1v) is 7.62. The highest BCUT2D eigenvalue weighted by atomic mass is 35.5. The molecule has 2 N–H and O–H groups in total. The first kappa shape index (κ1) is 16.5. The van der Waals surface area contributed by atoms with Crippen molar-refractivity contribution < 1.29 is 4.79 Å². The molecular weight excluding hydrogens is 323 g/mol. The van der Waals surface area contributed by atoms with E-state index < -0.39 is 0 Å². The third-order valence-electron chi connectivity index (χ3n) is 3.10. The fourth-order valence-electron chi connectivity index (χ4n) is 1.67. The van der Waals surface area contributed by atoms with Gasteiger partial charge in [-0.2, -0.15) is 0 Å². The van der Waals surface area contributed by atoms with Crippen molar-refractivity contribution in [1.82, 2.24) is 15.5 Å². The summed E-state index contributed by atoms with van der Waals surface area (Å²) in [5, 5.41) is 14.7. The van der Waals surface area contributed by atoms with Gasteiger partial charge in [-0.1, -0.05) is 36.2 Å². The number of aromatic nitrogens is 2. The van der Waals surface area contributed by atoms with Crippen LogP contribution in [0.1, 0.15) is 30.8 Å². The van der Waals surface area contributed by atoms with Crippen molar-refractivity contribution in [1.29, 1.82) is 0 Å². The second-order valence-corrected chi connectivity index (χ2v) is 5.62. The van der Waals surface area contributed by atoms with Crippen molar-refractivity contribution in [2.24, 2.45) is 0 Å². The van der Waals surface area contributed by atoms with Gasteiger partial charge in [0.1, 0.15) is 0 Å². The lowest BCUT2D eigenvalue weighted by molar-refractivity contribution is 0.0933. The number of benzene rings is 1. The zero-order chi connectivity index (χ0) is 16.1. The van der Waals surface area contributed by atoms with Crippen LogP contribution in [0.5, 0.6) is 0 Å². The Bertz CT molecular complexity index is 641. The Morgan fingerprint density at radius 3 is 2.41 bits per heavy atom. The van der Waals surface area contributed by atoms with Crippen molar-refractivity contribution in [3.63, 3.8) is 0 Å². The molecule has 1 aromatic carbocycles. The zero-order valence-corrected chi connectivity index (χ0v) is 13.7. The van der Waals surface area contributed by atoms with E-state index in [4.69, 9.17) is 23.2 Å². The van der Waals surface area contributed by atoms with Crippen LogP contribution in [0, 0.1) is 0 Å². The predicted octanol–water partition coefficient (Wildman–Crippen LogP) is 4.06. The molecule has 5 nitrogen and oxygen atoms in total. The molecule has 116 valence electrons. The number of hydrogen-bond donors (Lipinski definition) is 2. The van der Waals surface area contributed by atoms with E-state index in [0.29, 0.717) is 21.6 Å². The van der Waals surface area contributed by atoms with Crippen LogP contribution in [0.2, 0.25) is 10.0 Å². The topological polar surface area (TPSA) is 66.9 Å². The molecule has 2 rings (SSSR count). The lowest BCUT2D eigenvalue weighted by Crippen LogP contribution is -2.32. The molecule has 0 fully saturated rings. The Hall–Kier alpha value is -1.85. The number of carbonyl (C=O) groups is 1. The van der Waals surface area contributed by atoms with E-state index in [1.165, 1.54) is 0 Å². The monoisotopic (exact) mass is 338 g/mol. The molecule has 1 heterocycles. The van der Waals surface area contributed by atoms with Gasteiger partial charge in [0, 0.05) is 6.04 Å². The fourth-order valence-corrected chi connectivity index (χ4v) is 2.16. The third kappa shape index (κ3) is 4.08. The molecule has 0 aliphatic heterocycles. The van der Waals surface area contributed by atoms with Crippen LogP contribution < -0.4 is 10.6 Å². The maximum absolute atomic E-state index is 11.9. The largest absolute Gasteiger partial charge is 0.348 e. The number of amides is 1. The molecule has 2 aromatic rings. The Balaban J connectivity index is 2.11. The molecule has 0 spiro atoms. The minimum Gasteiger partial charge on any atom is -0.348 e. The average molecular weight is 339 g/mol. The summed E-state index contributed by atoms with van der Waals surface area (Å²) in [4.78, 5) is 11.9. The highest BCUT2D eigenvalue weighted by Gasteiger charge is 2.11. The molecule has 0 bridgehead atoms. The van der Waals surface area contributed by atoms with E-state index in [0.717, 1.165) is 6.42 Å². The fraction of sp³-hybridized carbons (Fsp3) is 0.267. The summed E-state index contributed by atoms with van der Waals surface area (Å²) in [6.07, 6.45) is 0.851. The Morgan fingerprint density at radius 2 is 1.86 bits per heavy atom. The summed E-state index contributed by atoms with van der Waals surface area (Å²) in [5.41, 5.74) is 0.813. The van der Waals surface area contributed by atoms with Gasteiger partial charge in [-0.15, -0.1) is 10.2 Å². The number of anilines is 2. The van der Waals surface area contributed by atoms with Gasteiger partial charge in [-0.25, -0.2) is 0 Å². The quantitative estimate of drug-likeness (QED) is 0.862. The summed E-state index contributed by atoms with van der Waals surface area (Å²) < 4.78 is 0. The molecule has 0 aliphatic rings. The highest BCUT2D eigenvalue weighted by molar-refractivity contribution is 6.39. The molecule has 7 heteroatoms. The maximum atomic E-state index is 11.9. The number of nitrogens with one attached hydrogen (secondary N) is 2. The van der Waals surface area contributed by atoms with Crippen LogP contribution in [0.25, 0.3) is 0 Å². The van der Waals surface area contributed by atoms with E-state index in [-0.39, 0.29) is 17.6 Å². The van der Waals surface area contributed by atoms with Crippen LogP contribution in [0.15, 0.2) is 30.3 Å². The third-order valence-corrected chi connectivity index (χ3v) is 3.73. The van der Waals surface area contributed by atoms with Gasteiger partial charge >= 0.3 is 0 Å². The van der Waals surface area contributed by atoms with Crippen molar-refractivity contribution in [2.45, 2.75) is 26.3 Å². The second kappa shape index (κ2) is 7.42. The molecule has 0 saturated carbocycles. The molecule has 0 aliphatic carbocycles. The van der Waals surface area contributed by atoms with E-state index in [2.05, 4.69) is 20.8 Å². The summed E-state index contributed by atoms with van der Waals surface area (Å²) in [6, 6.07) is 8.53. The maximum Gasteiger partial charge on any atom is 0.272 e. The molecule has 1 atom stereocenters. The summed E-state index contributed by atoms with van der Waals surface area (Å²) in [5.74, 6) is 0.208. The van der Waals surface area contributed by atoms with E-state index in [1.54, 1.807) is 30.3 Å². The minimum absolute atomic E-state index is 0.0917. The smallest absolute Gasteiger partial charge is 0.272 e. The van der Waals surface area contributed by atoms with Gasteiger partial charge in [0.25, 0.3) is 5.91 Å². The number of nitrogens with zero attached hydrogens (tertiary/aromatic N) is 2. The second-order valence-electron chi connectivity index (χ2n) is 4.81. The number of carbonyl (C=O) groups excluding carboxylic acids is 1. The van der Waals surface area contributed by atoms with E-state index >= 15 is 0 Å². The number of halogens is 2. The van der Waals surface area contributed by atoms with Crippen LogP contribution in [-0.2, 0) is 0 Å². The Kier molecular flexibility index (Phi) is 5.57. The van der Waals surface area contributed by atoms with Crippen molar-refractivity contribution in [3.8, 4) is 0 Å². The summed E-state index contributed by atoms with van der Waals surface area (Å²) >= 11 is 12.2. The normalized spacial score (nSPS) is 11.8. The lowest BCUT2D eigenvalue weighted by atomic mass is 10.2. The molecule has 1 aromatic heterocycles. The van der Waals surface area contributed by atoms with Gasteiger partial charge in [0.15, 0.2) is 11.5 Å². The van der Waals surface area contributed by atoms with E-state index in [9.17, 15) is 4.79 Å². The first-order valence-electron chi connectivity index (χ1n) is 6.87. The van der Waals surface area contributed by atoms with Gasteiger partial charge in [0.2, 0.25) is 0 Å². The van der Waals surface area contributed by atoms with Crippen LogP contribution in [0.4, 0.5) is 11.5 Å². The highest BCUT2D eigenvalue weighted by Crippen LogP contribution is 2.31. The minimum atomic E-state index is -0.246. The molecule has 0 radical (unpaired) electrons. The zero-order valence-electron chi connectivity index (χ0n) is 12.2. The van der Waals surface area contributed by atoms with Crippen molar-refractivity contribution >= 4 is 40.6 Å². The van der Waals surface area contributed by atoms with Gasteiger partial charge < -0.3 is 10.6 Å². The molecular formula is C15H16Cl2N4O. The van der Waals surface area contributed by atoms with E-state index in [1.807, 2.05) is 13.8 Å². The Labute approximate surface area is 139 Å². The first-order chi connectivity index (χ1) is 10.5. The van der Waals surface area contributed by atoms with Crippen LogP contribution in [0.3, 0.4) is 0 Å². The Morgan fingerprint density at radius 1 is 1.18 bits per heavy atom. The van der Waals surface area contributed by atoms with Gasteiger partial charge in [-0.3, -0.25) is 4.79 Å².